The van der Waals surface area contributed by atoms with Crippen molar-refractivity contribution in [2.45, 2.75) is 25.3 Å². The molecule has 2 N–H and O–H groups in total. The summed E-state index contributed by atoms with van der Waals surface area (Å²) in [7, 11) is 0. The highest BCUT2D eigenvalue weighted by Gasteiger charge is 2.13. The molecule has 1 fully saturated rings. The van der Waals surface area contributed by atoms with E-state index in [9.17, 15) is 0 Å². The first-order valence-electron chi connectivity index (χ1n) is 6.20. The topological polar surface area (TPSA) is 49.9 Å². The molecule has 0 amide bonds. The van der Waals surface area contributed by atoms with Crippen LogP contribution in [-0.2, 0) is 4.74 Å². The molecule has 0 saturated carbocycles. The smallest absolute Gasteiger partial charge is 0.0881 e. The number of fused-ring (bicyclic) bond motifs is 1. The van der Waals surface area contributed by atoms with Crippen LogP contribution in [-0.4, -0.2) is 29.5 Å². The van der Waals surface area contributed by atoms with Gasteiger partial charge in [-0.25, -0.2) is 0 Å². The van der Waals surface area contributed by atoms with Gasteiger partial charge in [-0.1, -0.05) is 12.1 Å². The van der Waals surface area contributed by atoms with Crippen LogP contribution in [0.5, 0.6) is 0 Å². The van der Waals surface area contributed by atoms with E-state index in [1.54, 1.807) is 0 Å². The van der Waals surface area contributed by atoms with Crippen molar-refractivity contribution in [3.05, 3.63) is 24.4 Å². The molecule has 1 unspecified atom stereocenters. The predicted molar refractivity (Wildman–Crippen MR) is 68.2 cm³/mol. The molecule has 1 saturated heterocycles. The van der Waals surface area contributed by atoms with Crippen molar-refractivity contribution in [3.63, 3.8) is 0 Å². The number of anilines is 1. The predicted octanol–water partition coefficient (Wildman–Crippen LogP) is 2.54. The second-order valence-electron chi connectivity index (χ2n) is 4.52. The molecule has 2 aromatic rings. The Morgan fingerprint density at radius 2 is 2.29 bits per heavy atom. The summed E-state index contributed by atoms with van der Waals surface area (Å²) < 4.78 is 5.47. The number of ether oxygens (including phenoxy) is 1. The Kier molecular flexibility index (Phi) is 2.96. The van der Waals surface area contributed by atoms with Crippen LogP contribution in [0.1, 0.15) is 19.3 Å². The van der Waals surface area contributed by atoms with Gasteiger partial charge in [-0.15, -0.1) is 0 Å². The summed E-state index contributed by atoms with van der Waals surface area (Å²) >= 11 is 0. The quantitative estimate of drug-likeness (QED) is 0.835. The SMILES string of the molecule is c1cc(NC2CCCOCC2)c2[nH]ncc2c1. The normalized spacial score (nSPS) is 21.3. The molecular formula is C13H17N3O. The second kappa shape index (κ2) is 4.75. The van der Waals surface area contributed by atoms with E-state index in [2.05, 4.69) is 33.7 Å². The van der Waals surface area contributed by atoms with E-state index < -0.39 is 0 Å². The monoisotopic (exact) mass is 231 g/mol. The minimum atomic E-state index is 0.506. The molecule has 4 heteroatoms. The average molecular weight is 231 g/mol. The summed E-state index contributed by atoms with van der Waals surface area (Å²) in [6.07, 6.45) is 5.24. The Bertz CT molecular complexity index is 486. The molecule has 0 aliphatic carbocycles. The van der Waals surface area contributed by atoms with Crippen molar-refractivity contribution in [3.8, 4) is 0 Å². The molecule has 1 atom stereocenters. The summed E-state index contributed by atoms with van der Waals surface area (Å²) in [6.45, 7) is 1.75. The zero-order valence-corrected chi connectivity index (χ0v) is 9.78. The van der Waals surface area contributed by atoms with Crippen molar-refractivity contribution in [2.75, 3.05) is 18.5 Å². The van der Waals surface area contributed by atoms with Crippen molar-refractivity contribution >= 4 is 16.6 Å². The van der Waals surface area contributed by atoms with Gasteiger partial charge in [0.1, 0.15) is 0 Å². The maximum atomic E-state index is 5.47. The first-order valence-corrected chi connectivity index (χ1v) is 6.20. The van der Waals surface area contributed by atoms with Gasteiger partial charge in [0, 0.05) is 24.6 Å². The molecule has 2 heterocycles. The zero-order chi connectivity index (χ0) is 11.5. The molecule has 4 nitrogen and oxygen atoms in total. The maximum absolute atomic E-state index is 5.47. The molecule has 1 aliphatic heterocycles. The number of H-pyrrole nitrogens is 1. The van der Waals surface area contributed by atoms with Gasteiger partial charge in [-0.3, -0.25) is 5.10 Å². The first kappa shape index (κ1) is 10.6. The van der Waals surface area contributed by atoms with Gasteiger partial charge in [-0.05, 0) is 25.3 Å². The van der Waals surface area contributed by atoms with E-state index in [1.807, 2.05) is 6.20 Å². The fourth-order valence-electron chi connectivity index (χ4n) is 2.36. The van der Waals surface area contributed by atoms with Gasteiger partial charge in [0.25, 0.3) is 0 Å². The number of aromatic nitrogens is 2. The molecular weight excluding hydrogens is 214 g/mol. The van der Waals surface area contributed by atoms with Gasteiger partial charge in [0.15, 0.2) is 0 Å². The van der Waals surface area contributed by atoms with Crippen LogP contribution in [0.2, 0.25) is 0 Å². The third kappa shape index (κ3) is 2.26. The molecule has 0 spiro atoms. The lowest BCUT2D eigenvalue weighted by molar-refractivity contribution is 0.144. The van der Waals surface area contributed by atoms with Gasteiger partial charge in [0.2, 0.25) is 0 Å². The fraction of sp³-hybridized carbons (Fsp3) is 0.462. The molecule has 1 aromatic heterocycles. The Morgan fingerprint density at radius 3 is 3.29 bits per heavy atom. The van der Waals surface area contributed by atoms with Crippen LogP contribution < -0.4 is 5.32 Å². The van der Waals surface area contributed by atoms with Crippen LogP contribution >= 0.6 is 0 Å². The minimum absolute atomic E-state index is 0.506. The Labute approximate surface area is 100 Å². The number of para-hydroxylation sites is 1. The molecule has 3 rings (SSSR count). The molecule has 1 aromatic carbocycles. The zero-order valence-electron chi connectivity index (χ0n) is 9.78. The lowest BCUT2D eigenvalue weighted by atomic mass is 10.1. The number of rotatable bonds is 2. The Morgan fingerprint density at radius 1 is 1.29 bits per heavy atom. The van der Waals surface area contributed by atoms with E-state index in [0.717, 1.165) is 42.6 Å². The highest BCUT2D eigenvalue weighted by atomic mass is 16.5. The summed E-state index contributed by atoms with van der Waals surface area (Å²) in [4.78, 5) is 0. The standard InChI is InChI=1S/C13H17N3O/c1-3-10-9-14-16-13(10)12(5-1)15-11-4-2-7-17-8-6-11/h1,3,5,9,11,15H,2,4,6-8H2,(H,14,16). The van der Waals surface area contributed by atoms with Crippen molar-refractivity contribution < 1.29 is 4.74 Å². The third-order valence-corrected chi connectivity index (χ3v) is 3.29. The number of nitrogens with one attached hydrogen (secondary N) is 2. The number of aromatic amines is 1. The highest BCUT2D eigenvalue weighted by molar-refractivity contribution is 5.89. The first-order chi connectivity index (χ1) is 8.43. The number of benzene rings is 1. The summed E-state index contributed by atoms with van der Waals surface area (Å²) in [5.74, 6) is 0. The Balaban J connectivity index is 1.81. The van der Waals surface area contributed by atoms with Gasteiger partial charge >= 0.3 is 0 Å². The van der Waals surface area contributed by atoms with E-state index in [4.69, 9.17) is 4.74 Å². The van der Waals surface area contributed by atoms with Gasteiger partial charge in [-0.2, -0.15) is 5.10 Å². The van der Waals surface area contributed by atoms with Crippen molar-refractivity contribution in [1.29, 1.82) is 0 Å². The van der Waals surface area contributed by atoms with Crippen LogP contribution in [0.3, 0.4) is 0 Å². The average Bonchev–Trinajstić information content (AvgIpc) is 2.69. The third-order valence-electron chi connectivity index (χ3n) is 3.29. The lowest BCUT2D eigenvalue weighted by Gasteiger charge is -2.17. The van der Waals surface area contributed by atoms with Crippen LogP contribution in [0.15, 0.2) is 24.4 Å². The lowest BCUT2D eigenvalue weighted by Crippen LogP contribution is -2.19. The number of nitrogens with zero attached hydrogens (tertiary/aromatic N) is 1. The maximum Gasteiger partial charge on any atom is 0.0881 e. The molecule has 0 bridgehead atoms. The molecule has 1 aliphatic rings. The van der Waals surface area contributed by atoms with E-state index in [1.165, 1.54) is 6.42 Å². The Hall–Kier alpha value is -1.55. The van der Waals surface area contributed by atoms with Crippen LogP contribution in [0.4, 0.5) is 5.69 Å². The number of hydrogen-bond acceptors (Lipinski definition) is 3. The largest absolute Gasteiger partial charge is 0.381 e. The molecule has 0 radical (unpaired) electrons. The fourth-order valence-corrected chi connectivity index (χ4v) is 2.36. The van der Waals surface area contributed by atoms with E-state index in [0.29, 0.717) is 6.04 Å². The van der Waals surface area contributed by atoms with Crippen LogP contribution in [0.25, 0.3) is 10.9 Å². The van der Waals surface area contributed by atoms with Crippen LogP contribution in [0, 0.1) is 0 Å². The van der Waals surface area contributed by atoms with Crippen molar-refractivity contribution in [2.24, 2.45) is 0 Å². The van der Waals surface area contributed by atoms with Crippen molar-refractivity contribution in [1.82, 2.24) is 10.2 Å². The molecule has 17 heavy (non-hydrogen) atoms. The van der Waals surface area contributed by atoms with E-state index in [-0.39, 0.29) is 0 Å². The van der Waals surface area contributed by atoms with E-state index >= 15 is 0 Å². The molecule has 90 valence electrons. The second-order valence-corrected chi connectivity index (χ2v) is 4.52. The summed E-state index contributed by atoms with van der Waals surface area (Å²) in [5, 5.41) is 11.9. The number of hydrogen-bond donors (Lipinski definition) is 2. The highest BCUT2D eigenvalue weighted by Crippen LogP contribution is 2.23. The van der Waals surface area contributed by atoms with Gasteiger partial charge < -0.3 is 10.1 Å². The minimum Gasteiger partial charge on any atom is -0.381 e. The summed E-state index contributed by atoms with van der Waals surface area (Å²) in [6, 6.07) is 6.74. The van der Waals surface area contributed by atoms with Gasteiger partial charge in [0.05, 0.1) is 17.4 Å². The summed E-state index contributed by atoms with van der Waals surface area (Å²) in [5.41, 5.74) is 2.24.